The lowest BCUT2D eigenvalue weighted by Gasteiger charge is -2.37. The summed E-state index contributed by atoms with van der Waals surface area (Å²) in [7, 11) is 1.63. The molecule has 1 N–H and O–H groups in total. The topological polar surface area (TPSA) is 96.4 Å². The molecule has 2 aromatic carbocycles. The Morgan fingerprint density at radius 2 is 1.89 bits per heavy atom. The SMILES string of the molecule is COC1CCC(N(C[C@@H](C(=O)N2C(=O)OC[C@H]2Cc2ccccc2)c2ccc(Cl)c(F)c2)C(=O)O)CC1. The Morgan fingerprint density at radius 1 is 1.19 bits per heavy atom. The minimum atomic E-state index is -1.18. The van der Waals surface area contributed by atoms with Crippen molar-refractivity contribution in [3.63, 3.8) is 0 Å². The van der Waals surface area contributed by atoms with Gasteiger partial charge in [-0.1, -0.05) is 48.0 Å². The van der Waals surface area contributed by atoms with E-state index in [0.29, 0.717) is 32.1 Å². The molecular weight excluding hydrogens is 503 g/mol. The van der Waals surface area contributed by atoms with E-state index in [9.17, 15) is 23.9 Å². The number of benzene rings is 2. The van der Waals surface area contributed by atoms with Gasteiger partial charge in [-0.2, -0.15) is 0 Å². The first kappa shape index (κ1) is 26.9. The second-order valence-corrected chi connectivity index (χ2v) is 9.86. The fourth-order valence-corrected chi connectivity index (χ4v) is 5.28. The third kappa shape index (κ3) is 6.22. The molecule has 8 nitrogen and oxygen atoms in total. The highest BCUT2D eigenvalue weighted by atomic mass is 35.5. The maximum atomic E-state index is 14.5. The van der Waals surface area contributed by atoms with Crippen LogP contribution in [-0.2, 0) is 20.7 Å². The molecule has 37 heavy (non-hydrogen) atoms. The van der Waals surface area contributed by atoms with Crippen molar-refractivity contribution >= 4 is 29.7 Å². The zero-order chi connectivity index (χ0) is 26.5. The second kappa shape index (κ2) is 11.9. The lowest BCUT2D eigenvalue weighted by atomic mass is 9.90. The van der Waals surface area contributed by atoms with Crippen molar-refractivity contribution in [3.8, 4) is 0 Å². The number of carbonyl (C=O) groups excluding carboxylic acids is 2. The van der Waals surface area contributed by atoms with Crippen molar-refractivity contribution in [1.29, 1.82) is 0 Å². The van der Waals surface area contributed by atoms with Crippen LogP contribution in [0, 0.1) is 5.82 Å². The predicted octanol–water partition coefficient (Wildman–Crippen LogP) is 5.09. The third-order valence-corrected chi connectivity index (χ3v) is 7.51. The monoisotopic (exact) mass is 532 g/mol. The number of amides is 3. The van der Waals surface area contributed by atoms with Crippen molar-refractivity contribution in [2.24, 2.45) is 0 Å². The quantitative estimate of drug-likeness (QED) is 0.508. The summed E-state index contributed by atoms with van der Waals surface area (Å²) in [5, 5.41) is 9.95. The van der Waals surface area contributed by atoms with Crippen LogP contribution in [0.2, 0.25) is 5.02 Å². The molecule has 2 atom stereocenters. The van der Waals surface area contributed by atoms with Crippen LogP contribution in [-0.4, -0.2) is 71.4 Å². The fourth-order valence-electron chi connectivity index (χ4n) is 5.16. The average Bonchev–Trinajstić information content (AvgIpc) is 3.26. The van der Waals surface area contributed by atoms with Gasteiger partial charge >= 0.3 is 12.2 Å². The number of hydrogen-bond donors (Lipinski definition) is 1. The van der Waals surface area contributed by atoms with Gasteiger partial charge in [0.15, 0.2) is 0 Å². The summed E-state index contributed by atoms with van der Waals surface area (Å²) in [6.45, 7) is -0.218. The van der Waals surface area contributed by atoms with Gasteiger partial charge in [0.2, 0.25) is 5.91 Å². The Bertz CT molecular complexity index is 1130. The molecule has 2 fully saturated rings. The molecule has 1 saturated carbocycles. The molecule has 0 unspecified atom stereocenters. The van der Waals surface area contributed by atoms with Gasteiger partial charge in [0.25, 0.3) is 0 Å². The van der Waals surface area contributed by atoms with Crippen molar-refractivity contribution in [3.05, 3.63) is 70.5 Å². The molecule has 2 aliphatic rings. The summed E-state index contributed by atoms with van der Waals surface area (Å²) in [4.78, 5) is 41.2. The maximum Gasteiger partial charge on any atom is 0.417 e. The Hall–Kier alpha value is -3.17. The molecule has 2 aromatic rings. The second-order valence-electron chi connectivity index (χ2n) is 9.46. The van der Waals surface area contributed by atoms with E-state index in [1.807, 2.05) is 30.3 Å². The van der Waals surface area contributed by atoms with E-state index >= 15 is 0 Å². The first-order valence-electron chi connectivity index (χ1n) is 12.3. The predicted molar refractivity (Wildman–Crippen MR) is 134 cm³/mol. The Morgan fingerprint density at radius 3 is 2.51 bits per heavy atom. The smallest absolute Gasteiger partial charge is 0.417 e. The van der Waals surface area contributed by atoms with Crippen molar-refractivity contribution < 1.29 is 33.4 Å². The van der Waals surface area contributed by atoms with Crippen LogP contribution in [0.4, 0.5) is 14.0 Å². The summed E-state index contributed by atoms with van der Waals surface area (Å²) in [5.41, 5.74) is 1.15. The van der Waals surface area contributed by atoms with Gasteiger partial charge in [0, 0.05) is 19.7 Å². The minimum absolute atomic E-state index is 0.0187. The summed E-state index contributed by atoms with van der Waals surface area (Å²) in [6, 6.07) is 12.4. The maximum absolute atomic E-state index is 14.5. The Labute approximate surface area is 219 Å². The number of halogens is 2. The number of methoxy groups -OCH3 is 1. The molecule has 0 bridgehead atoms. The molecule has 4 rings (SSSR count). The van der Waals surface area contributed by atoms with Crippen LogP contribution in [0.5, 0.6) is 0 Å². The molecule has 1 saturated heterocycles. The van der Waals surface area contributed by atoms with E-state index in [1.165, 1.54) is 17.0 Å². The Kier molecular flexibility index (Phi) is 8.66. The summed E-state index contributed by atoms with van der Waals surface area (Å²) < 4.78 is 25.1. The highest BCUT2D eigenvalue weighted by Gasteiger charge is 2.43. The standard InChI is InChI=1S/C27H30ClFN2O6/c1-36-21-10-8-19(9-11-21)30(26(33)34)15-22(18-7-12-23(28)24(29)14-18)25(32)31-20(16-37-27(31)35)13-17-5-3-2-4-6-17/h2-7,12,14,19-22H,8-11,13,15-16H2,1H3,(H,33,34)/t19?,20-,21?,22-/m1/s1. The highest BCUT2D eigenvalue weighted by Crippen LogP contribution is 2.31. The molecule has 1 aliphatic heterocycles. The van der Waals surface area contributed by atoms with Gasteiger partial charge in [-0.15, -0.1) is 0 Å². The zero-order valence-electron chi connectivity index (χ0n) is 20.5. The zero-order valence-corrected chi connectivity index (χ0v) is 21.3. The summed E-state index contributed by atoms with van der Waals surface area (Å²) in [6.07, 6.45) is 0.988. The molecule has 10 heteroatoms. The van der Waals surface area contributed by atoms with Crippen molar-refractivity contribution in [2.45, 2.75) is 56.2 Å². The number of imide groups is 1. The molecule has 1 heterocycles. The fraction of sp³-hybridized carbons (Fsp3) is 0.444. The van der Waals surface area contributed by atoms with Crippen molar-refractivity contribution in [1.82, 2.24) is 9.80 Å². The number of nitrogens with zero attached hydrogens (tertiary/aromatic N) is 2. The van der Waals surface area contributed by atoms with Gasteiger partial charge in [-0.25, -0.2) is 18.9 Å². The first-order chi connectivity index (χ1) is 17.8. The molecule has 0 aromatic heterocycles. The van der Waals surface area contributed by atoms with Crippen LogP contribution in [0.3, 0.4) is 0 Å². The number of carbonyl (C=O) groups is 3. The molecule has 198 valence electrons. The van der Waals surface area contributed by atoms with E-state index < -0.39 is 35.9 Å². The number of carboxylic acid groups (broad SMARTS) is 1. The lowest BCUT2D eigenvalue weighted by Crippen LogP contribution is -2.49. The van der Waals surface area contributed by atoms with Gasteiger partial charge in [0.05, 0.1) is 23.1 Å². The van der Waals surface area contributed by atoms with Gasteiger partial charge in [-0.05, 0) is 55.4 Å². The van der Waals surface area contributed by atoms with E-state index in [-0.39, 0.29) is 35.9 Å². The molecule has 0 radical (unpaired) electrons. The van der Waals surface area contributed by atoms with Crippen LogP contribution < -0.4 is 0 Å². The number of ether oxygens (including phenoxy) is 2. The average molecular weight is 533 g/mol. The molecule has 0 spiro atoms. The largest absolute Gasteiger partial charge is 0.465 e. The molecular formula is C27H30ClFN2O6. The van der Waals surface area contributed by atoms with Gasteiger partial charge < -0.3 is 19.5 Å². The molecule has 3 amide bonds. The van der Waals surface area contributed by atoms with E-state index in [1.54, 1.807) is 7.11 Å². The number of cyclic esters (lactones) is 1. The molecule has 1 aliphatic carbocycles. The van der Waals surface area contributed by atoms with Gasteiger partial charge in [0.1, 0.15) is 12.4 Å². The number of hydrogen-bond acceptors (Lipinski definition) is 5. The highest BCUT2D eigenvalue weighted by molar-refractivity contribution is 6.30. The van der Waals surface area contributed by atoms with Crippen LogP contribution in [0.15, 0.2) is 48.5 Å². The lowest BCUT2D eigenvalue weighted by molar-refractivity contribution is -0.131. The summed E-state index contributed by atoms with van der Waals surface area (Å²) >= 11 is 5.87. The van der Waals surface area contributed by atoms with Crippen LogP contribution in [0.25, 0.3) is 0 Å². The van der Waals surface area contributed by atoms with E-state index in [0.717, 1.165) is 16.5 Å². The number of rotatable bonds is 8. The van der Waals surface area contributed by atoms with Crippen molar-refractivity contribution in [2.75, 3.05) is 20.3 Å². The summed E-state index contributed by atoms with van der Waals surface area (Å²) in [5.74, 6) is -2.50. The van der Waals surface area contributed by atoms with E-state index in [4.69, 9.17) is 21.1 Å². The third-order valence-electron chi connectivity index (χ3n) is 7.20. The van der Waals surface area contributed by atoms with Gasteiger partial charge in [-0.3, -0.25) is 4.79 Å². The normalized spacial score (nSPS) is 22.4. The van der Waals surface area contributed by atoms with E-state index in [2.05, 4.69) is 0 Å². The first-order valence-corrected chi connectivity index (χ1v) is 12.7. The minimum Gasteiger partial charge on any atom is -0.465 e. The van der Waals surface area contributed by atoms with Crippen LogP contribution in [0.1, 0.15) is 42.7 Å². The van der Waals surface area contributed by atoms with Crippen LogP contribution >= 0.6 is 11.6 Å². The Balaban J connectivity index is 1.64.